The number of benzene rings is 1. The van der Waals surface area contributed by atoms with Crippen LogP contribution < -0.4 is 4.90 Å². The third-order valence-corrected chi connectivity index (χ3v) is 3.29. The lowest BCUT2D eigenvalue weighted by atomic mass is 10.0. The van der Waals surface area contributed by atoms with Crippen LogP contribution in [-0.2, 0) is 0 Å². The van der Waals surface area contributed by atoms with E-state index in [1.807, 2.05) is 18.9 Å². The molecule has 0 spiro atoms. The number of nitro benzene ring substituents is 1. The molecule has 0 aliphatic carbocycles. The summed E-state index contributed by atoms with van der Waals surface area (Å²) in [6.45, 7) is 6.14. The quantitative estimate of drug-likeness (QED) is 0.458. The van der Waals surface area contributed by atoms with Crippen molar-refractivity contribution in [3.8, 4) is 0 Å². The van der Waals surface area contributed by atoms with Gasteiger partial charge in [0.2, 0.25) is 0 Å². The maximum absolute atomic E-state index is 11.0. The van der Waals surface area contributed by atoms with Gasteiger partial charge in [0.15, 0.2) is 0 Å². The fourth-order valence-electron chi connectivity index (χ4n) is 1.72. The Kier molecular flexibility index (Phi) is 4.42. The lowest BCUT2D eigenvalue weighted by molar-refractivity contribution is -0.384. The first-order valence-electron chi connectivity index (χ1n) is 5.85. The van der Waals surface area contributed by atoms with Crippen molar-refractivity contribution in [2.24, 2.45) is 5.92 Å². The fraction of sp³-hybridized carbons (Fsp3) is 0.462. The lowest BCUT2D eigenvalue weighted by Gasteiger charge is -2.29. The van der Waals surface area contributed by atoms with E-state index in [1.54, 1.807) is 12.1 Å². The summed E-state index contributed by atoms with van der Waals surface area (Å²) >= 11 is 0. The summed E-state index contributed by atoms with van der Waals surface area (Å²) in [7, 11) is 1.83. The van der Waals surface area contributed by atoms with Crippen LogP contribution in [0.3, 0.4) is 0 Å². The maximum atomic E-state index is 11.0. The SMILES string of the molecule is CC(C)C(C)N(C)c1ccc(C=O)cc1[N+](=O)[O-]. The van der Waals surface area contributed by atoms with Crippen molar-refractivity contribution in [3.05, 3.63) is 33.9 Å². The van der Waals surface area contributed by atoms with E-state index < -0.39 is 4.92 Å². The van der Waals surface area contributed by atoms with Gasteiger partial charge in [0.05, 0.1) is 4.92 Å². The molecule has 1 atom stereocenters. The fourth-order valence-corrected chi connectivity index (χ4v) is 1.72. The van der Waals surface area contributed by atoms with E-state index in [0.29, 0.717) is 23.5 Å². The van der Waals surface area contributed by atoms with Crippen molar-refractivity contribution in [1.29, 1.82) is 0 Å². The van der Waals surface area contributed by atoms with E-state index in [-0.39, 0.29) is 11.7 Å². The number of carbonyl (C=O) groups excluding carboxylic acids is 1. The van der Waals surface area contributed by atoms with Gasteiger partial charge in [-0.15, -0.1) is 0 Å². The monoisotopic (exact) mass is 250 g/mol. The van der Waals surface area contributed by atoms with Gasteiger partial charge in [-0.3, -0.25) is 14.9 Å². The molecule has 0 saturated heterocycles. The Labute approximate surface area is 107 Å². The molecule has 18 heavy (non-hydrogen) atoms. The molecule has 0 saturated carbocycles. The van der Waals surface area contributed by atoms with Crippen molar-refractivity contribution < 1.29 is 9.72 Å². The Morgan fingerprint density at radius 2 is 1.94 bits per heavy atom. The number of hydrogen-bond donors (Lipinski definition) is 0. The van der Waals surface area contributed by atoms with Gasteiger partial charge in [0, 0.05) is 24.7 Å². The molecule has 1 unspecified atom stereocenters. The molecule has 1 aromatic rings. The molecule has 0 fully saturated rings. The second kappa shape index (κ2) is 5.62. The highest BCUT2D eigenvalue weighted by Crippen LogP contribution is 2.30. The van der Waals surface area contributed by atoms with Gasteiger partial charge in [0.1, 0.15) is 12.0 Å². The van der Waals surface area contributed by atoms with Gasteiger partial charge in [-0.1, -0.05) is 13.8 Å². The smallest absolute Gasteiger partial charge is 0.293 e. The number of anilines is 1. The van der Waals surface area contributed by atoms with Crippen LogP contribution in [0.1, 0.15) is 31.1 Å². The standard InChI is InChI=1S/C13H18N2O3/c1-9(2)10(3)14(4)12-6-5-11(8-16)7-13(12)15(17)18/h5-10H,1-4H3. The van der Waals surface area contributed by atoms with Crippen LogP contribution >= 0.6 is 0 Å². The molecular weight excluding hydrogens is 232 g/mol. The molecule has 98 valence electrons. The Hall–Kier alpha value is -1.91. The molecule has 0 aliphatic heterocycles. The van der Waals surface area contributed by atoms with Gasteiger partial charge in [0.25, 0.3) is 5.69 Å². The molecule has 5 nitrogen and oxygen atoms in total. The van der Waals surface area contributed by atoms with Gasteiger partial charge < -0.3 is 4.90 Å². The average Bonchev–Trinajstić information content (AvgIpc) is 2.35. The summed E-state index contributed by atoms with van der Waals surface area (Å²) in [6.07, 6.45) is 0.614. The Bertz CT molecular complexity index is 458. The number of nitrogens with zero attached hydrogens (tertiary/aromatic N) is 2. The molecule has 1 rings (SSSR count). The van der Waals surface area contributed by atoms with Gasteiger partial charge in [-0.2, -0.15) is 0 Å². The number of rotatable bonds is 5. The molecule has 0 amide bonds. The molecule has 0 bridgehead atoms. The lowest BCUT2D eigenvalue weighted by Crippen LogP contribution is -2.33. The van der Waals surface area contributed by atoms with Crippen LogP contribution in [0.25, 0.3) is 0 Å². The summed E-state index contributed by atoms with van der Waals surface area (Å²) < 4.78 is 0. The minimum atomic E-state index is -0.453. The van der Waals surface area contributed by atoms with Crippen molar-refractivity contribution in [3.63, 3.8) is 0 Å². The topological polar surface area (TPSA) is 63.5 Å². The van der Waals surface area contributed by atoms with Crippen LogP contribution in [0.4, 0.5) is 11.4 Å². The zero-order valence-corrected chi connectivity index (χ0v) is 11.1. The zero-order chi connectivity index (χ0) is 13.9. The van der Waals surface area contributed by atoms with E-state index in [0.717, 1.165) is 0 Å². The molecule has 0 heterocycles. The summed E-state index contributed by atoms with van der Waals surface area (Å²) in [5.41, 5.74) is 0.817. The molecule has 5 heteroatoms. The van der Waals surface area contributed by atoms with Crippen LogP contribution in [-0.4, -0.2) is 24.3 Å². The maximum Gasteiger partial charge on any atom is 0.293 e. The van der Waals surface area contributed by atoms with Gasteiger partial charge >= 0.3 is 0 Å². The number of hydrogen-bond acceptors (Lipinski definition) is 4. The number of nitro groups is 1. The molecular formula is C13H18N2O3. The predicted molar refractivity (Wildman–Crippen MR) is 71.2 cm³/mol. The summed E-state index contributed by atoms with van der Waals surface area (Å²) in [5.74, 6) is 0.375. The Balaban J connectivity index is 3.23. The second-order valence-electron chi connectivity index (χ2n) is 4.72. The number of carbonyl (C=O) groups is 1. The first kappa shape index (κ1) is 14.2. The van der Waals surface area contributed by atoms with Crippen LogP contribution in [0.2, 0.25) is 0 Å². The minimum absolute atomic E-state index is 0.0328. The largest absolute Gasteiger partial charge is 0.366 e. The highest BCUT2D eigenvalue weighted by molar-refractivity contribution is 5.79. The molecule has 0 N–H and O–H groups in total. The van der Waals surface area contributed by atoms with E-state index >= 15 is 0 Å². The van der Waals surface area contributed by atoms with Crippen LogP contribution in [0, 0.1) is 16.0 Å². The highest BCUT2D eigenvalue weighted by Gasteiger charge is 2.22. The summed E-state index contributed by atoms with van der Waals surface area (Å²) in [6, 6.07) is 4.71. The zero-order valence-electron chi connectivity index (χ0n) is 11.1. The van der Waals surface area contributed by atoms with E-state index in [2.05, 4.69) is 13.8 Å². The normalized spacial score (nSPS) is 12.3. The molecule has 0 radical (unpaired) electrons. The Morgan fingerprint density at radius 3 is 2.39 bits per heavy atom. The summed E-state index contributed by atoms with van der Waals surface area (Å²) in [5, 5.41) is 11.0. The Morgan fingerprint density at radius 1 is 1.33 bits per heavy atom. The molecule has 0 aliphatic rings. The molecule has 1 aromatic carbocycles. The van der Waals surface area contributed by atoms with Crippen molar-refractivity contribution >= 4 is 17.7 Å². The van der Waals surface area contributed by atoms with Crippen molar-refractivity contribution in [2.45, 2.75) is 26.8 Å². The first-order valence-corrected chi connectivity index (χ1v) is 5.85. The third kappa shape index (κ3) is 2.85. The second-order valence-corrected chi connectivity index (χ2v) is 4.72. The van der Waals surface area contributed by atoms with Gasteiger partial charge in [-0.05, 0) is 25.0 Å². The van der Waals surface area contributed by atoms with E-state index in [4.69, 9.17) is 0 Å². The number of aldehydes is 1. The van der Waals surface area contributed by atoms with E-state index in [1.165, 1.54) is 6.07 Å². The van der Waals surface area contributed by atoms with Crippen LogP contribution in [0.5, 0.6) is 0 Å². The third-order valence-electron chi connectivity index (χ3n) is 3.29. The van der Waals surface area contributed by atoms with Gasteiger partial charge in [-0.25, -0.2) is 0 Å². The van der Waals surface area contributed by atoms with Crippen molar-refractivity contribution in [2.75, 3.05) is 11.9 Å². The molecule has 0 aromatic heterocycles. The predicted octanol–water partition coefficient (Wildman–Crippen LogP) is 2.89. The minimum Gasteiger partial charge on any atom is -0.366 e. The highest BCUT2D eigenvalue weighted by atomic mass is 16.6. The first-order chi connectivity index (χ1) is 8.38. The summed E-state index contributed by atoms with van der Waals surface area (Å²) in [4.78, 5) is 23.1. The van der Waals surface area contributed by atoms with E-state index in [9.17, 15) is 14.9 Å². The average molecular weight is 250 g/mol. The van der Waals surface area contributed by atoms with Crippen LogP contribution in [0.15, 0.2) is 18.2 Å². The van der Waals surface area contributed by atoms with Crippen molar-refractivity contribution in [1.82, 2.24) is 0 Å².